The summed E-state index contributed by atoms with van der Waals surface area (Å²) in [5.74, 6) is 0.713. The summed E-state index contributed by atoms with van der Waals surface area (Å²) >= 11 is 1.85. The molecule has 0 amide bonds. The Morgan fingerprint density at radius 3 is 2.90 bits per heavy atom. The summed E-state index contributed by atoms with van der Waals surface area (Å²) in [5, 5.41) is 8.93. The zero-order valence-corrected chi connectivity index (χ0v) is 18.3. The number of piperazine rings is 1. The highest BCUT2D eigenvalue weighted by Gasteiger charge is 2.14. The number of benzene rings is 2. The number of carbonyl (C=O) groups is 1. The van der Waals surface area contributed by atoms with E-state index in [0.717, 1.165) is 54.9 Å². The van der Waals surface area contributed by atoms with Crippen molar-refractivity contribution in [3.05, 3.63) is 59.1 Å². The summed E-state index contributed by atoms with van der Waals surface area (Å²) in [7, 11) is 0. The van der Waals surface area contributed by atoms with E-state index in [1.165, 1.54) is 15.0 Å². The van der Waals surface area contributed by atoms with Crippen LogP contribution in [-0.2, 0) is 17.8 Å². The molecule has 0 atom stereocenters. The maximum absolute atomic E-state index is 11.4. The molecule has 0 saturated carbocycles. The maximum Gasteiger partial charge on any atom is 0.227 e. The van der Waals surface area contributed by atoms with E-state index in [1.54, 1.807) is 6.92 Å². The van der Waals surface area contributed by atoms with Crippen LogP contribution in [0.15, 0.2) is 48.7 Å². The van der Waals surface area contributed by atoms with Crippen molar-refractivity contribution in [2.45, 2.75) is 19.9 Å². The van der Waals surface area contributed by atoms with Gasteiger partial charge in [0, 0.05) is 71.4 Å². The number of ketones is 1. The number of hydrogen-bond acceptors (Lipinski definition) is 7. The first-order chi connectivity index (χ1) is 15.1. The van der Waals surface area contributed by atoms with Crippen LogP contribution in [0.1, 0.15) is 17.4 Å². The van der Waals surface area contributed by atoms with Crippen LogP contribution in [0.3, 0.4) is 0 Å². The van der Waals surface area contributed by atoms with Gasteiger partial charge in [0.1, 0.15) is 5.78 Å². The molecule has 0 radical (unpaired) electrons. The van der Waals surface area contributed by atoms with Crippen molar-refractivity contribution >= 4 is 49.7 Å². The second kappa shape index (κ2) is 8.70. The maximum atomic E-state index is 11.4. The molecular weight excluding hydrogens is 406 g/mol. The first-order valence-electron chi connectivity index (χ1n) is 10.6. The van der Waals surface area contributed by atoms with E-state index in [9.17, 15) is 4.79 Å². The van der Waals surface area contributed by atoms with Gasteiger partial charge in [-0.25, -0.2) is 9.97 Å². The molecule has 0 bridgehead atoms. The molecule has 31 heavy (non-hydrogen) atoms. The molecular formula is C24H25N5OS. The van der Waals surface area contributed by atoms with Crippen LogP contribution in [0.4, 0.5) is 11.6 Å². The Morgan fingerprint density at radius 1 is 1.19 bits per heavy atom. The first-order valence-corrected chi connectivity index (χ1v) is 11.4. The molecule has 6 nitrogen and oxygen atoms in total. The fraction of sp³-hybridized carbons (Fsp3) is 0.292. The number of thiophene rings is 1. The summed E-state index contributed by atoms with van der Waals surface area (Å²) in [5.41, 5.74) is 2.84. The molecule has 0 spiro atoms. The van der Waals surface area contributed by atoms with Crippen LogP contribution in [-0.4, -0.2) is 46.8 Å². The van der Waals surface area contributed by atoms with E-state index < -0.39 is 0 Å². The van der Waals surface area contributed by atoms with Crippen molar-refractivity contribution in [2.75, 3.05) is 31.5 Å². The zero-order valence-electron chi connectivity index (χ0n) is 17.5. The summed E-state index contributed by atoms with van der Waals surface area (Å²) in [4.78, 5) is 24.6. The third kappa shape index (κ3) is 4.58. The molecule has 2 aromatic carbocycles. The highest BCUT2D eigenvalue weighted by Crippen LogP contribution is 2.32. The fourth-order valence-electron chi connectivity index (χ4n) is 4.06. The minimum Gasteiger partial charge on any atom is -0.324 e. The Labute approximate surface area is 185 Å². The highest BCUT2D eigenvalue weighted by atomic mass is 32.1. The third-order valence-electron chi connectivity index (χ3n) is 5.52. The van der Waals surface area contributed by atoms with Gasteiger partial charge in [-0.2, -0.15) is 0 Å². The summed E-state index contributed by atoms with van der Waals surface area (Å²) in [6, 6.07) is 14.4. The molecule has 2 N–H and O–H groups in total. The van der Waals surface area contributed by atoms with Gasteiger partial charge in [-0.05, 0) is 42.8 Å². The molecule has 4 aromatic rings. The van der Waals surface area contributed by atoms with Crippen molar-refractivity contribution < 1.29 is 4.79 Å². The molecule has 0 unspecified atom stereocenters. The van der Waals surface area contributed by atoms with Crippen molar-refractivity contribution in [1.82, 2.24) is 20.2 Å². The average Bonchev–Trinajstić information content (AvgIpc) is 3.17. The summed E-state index contributed by atoms with van der Waals surface area (Å²) in [6.45, 7) is 6.89. The molecule has 2 aromatic heterocycles. The number of rotatable bonds is 6. The zero-order chi connectivity index (χ0) is 21.2. The first kappa shape index (κ1) is 20.1. The minimum absolute atomic E-state index is 0.149. The van der Waals surface area contributed by atoms with Crippen molar-refractivity contribution in [3.8, 4) is 0 Å². The number of nitrogens with zero attached hydrogens (tertiary/aromatic N) is 3. The van der Waals surface area contributed by atoms with Crippen LogP contribution < -0.4 is 10.6 Å². The van der Waals surface area contributed by atoms with Gasteiger partial charge in [0.2, 0.25) is 5.95 Å². The van der Waals surface area contributed by atoms with Gasteiger partial charge in [0.15, 0.2) is 0 Å². The van der Waals surface area contributed by atoms with Gasteiger partial charge in [0.05, 0.1) is 5.52 Å². The molecule has 0 aliphatic carbocycles. The molecule has 5 rings (SSSR count). The summed E-state index contributed by atoms with van der Waals surface area (Å²) in [6.07, 6.45) is 2.30. The van der Waals surface area contributed by atoms with Crippen LogP contribution >= 0.6 is 11.3 Å². The van der Waals surface area contributed by atoms with E-state index in [1.807, 2.05) is 41.8 Å². The number of aromatic nitrogens is 2. The van der Waals surface area contributed by atoms with Gasteiger partial charge in [-0.3, -0.25) is 9.69 Å². The van der Waals surface area contributed by atoms with E-state index in [4.69, 9.17) is 4.98 Å². The van der Waals surface area contributed by atoms with Crippen LogP contribution in [0.2, 0.25) is 0 Å². The van der Waals surface area contributed by atoms with Crippen LogP contribution in [0.5, 0.6) is 0 Å². The van der Waals surface area contributed by atoms with Crippen LogP contribution in [0, 0.1) is 0 Å². The van der Waals surface area contributed by atoms with Gasteiger partial charge in [-0.1, -0.05) is 12.1 Å². The fourth-order valence-corrected chi connectivity index (χ4v) is 5.17. The average molecular weight is 432 g/mol. The topological polar surface area (TPSA) is 70.2 Å². The highest BCUT2D eigenvalue weighted by molar-refractivity contribution is 7.19. The third-order valence-corrected chi connectivity index (χ3v) is 6.61. The SMILES string of the molecule is CC(=O)Cc1cccc(Nc2ncc3ccc4sc(CN5CCNCC5)cc4c3n2)c1. The lowest BCUT2D eigenvalue weighted by atomic mass is 10.1. The Kier molecular flexibility index (Phi) is 5.63. The largest absolute Gasteiger partial charge is 0.324 e. The quantitative estimate of drug-likeness (QED) is 0.479. The second-order valence-corrected chi connectivity index (χ2v) is 9.22. The number of carbonyl (C=O) groups excluding carboxylic acids is 1. The standard InChI is InChI=1S/C24H25N5OS/c1-16(30)11-17-3-2-4-19(12-17)27-24-26-14-18-5-6-22-21(23(18)28-24)13-20(31-22)15-29-9-7-25-8-10-29/h2-6,12-14,25H,7-11,15H2,1H3,(H,26,27,28). The number of hydrogen-bond donors (Lipinski definition) is 2. The molecule has 158 valence electrons. The monoisotopic (exact) mass is 431 g/mol. The van der Waals surface area contributed by atoms with Gasteiger partial charge >= 0.3 is 0 Å². The van der Waals surface area contributed by atoms with Gasteiger partial charge in [0.25, 0.3) is 0 Å². The predicted octanol–water partition coefficient (Wildman–Crippen LogP) is 4.12. The number of Topliss-reactive ketones (excluding diaryl/α,β-unsaturated/α-hetero) is 1. The smallest absolute Gasteiger partial charge is 0.227 e. The van der Waals surface area contributed by atoms with Gasteiger partial charge < -0.3 is 10.6 Å². The molecule has 1 aliphatic rings. The molecule has 1 aliphatic heterocycles. The van der Waals surface area contributed by atoms with Crippen molar-refractivity contribution in [3.63, 3.8) is 0 Å². The minimum atomic E-state index is 0.149. The number of fused-ring (bicyclic) bond motifs is 3. The Bertz CT molecular complexity index is 1250. The number of nitrogens with one attached hydrogen (secondary N) is 2. The van der Waals surface area contributed by atoms with E-state index in [-0.39, 0.29) is 5.78 Å². The normalized spacial score (nSPS) is 14.9. The second-order valence-electron chi connectivity index (χ2n) is 8.05. The molecule has 1 saturated heterocycles. The Morgan fingerprint density at radius 2 is 2.06 bits per heavy atom. The number of anilines is 2. The summed E-state index contributed by atoms with van der Waals surface area (Å²) < 4.78 is 1.26. The van der Waals surface area contributed by atoms with Crippen molar-refractivity contribution in [1.29, 1.82) is 0 Å². The van der Waals surface area contributed by atoms with Crippen LogP contribution in [0.25, 0.3) is 21.0 Å². The predicted molar refractivity (Wildman–Crippen MR) is 127 cm³/mol. The lowest BCUT2D eigenvalue weighted by Crippen LogP contribution is -2.42. The lowest BCUT2D eigenvalue weighted by Gasteiger charge is -2.26. The van der Waals surface area contributed by atoms with E-state index in [2.05, 4.69) is 38.7 Å². The molecule has 1 fully saturated rings. The van der Waals surface area contributed by atoms with E-state index in [0.29, 0.717) is 12.4 Å². The van der Waals surface area contributed by atoms with E-state index >= 15 is 0 Å². The Hall–Kier alpha value is -2.87. The Balaban J connectivity index is 1.44. The molecule has 7 heteroatoms. The lowest BCUT2D eigenvalue weighted by molar-refractivity contribution is -0.116. The molecule has 3 heterocycles. The van der Waals surface area contributed by atoms with Gasteiger partial charge in [-0.15, -0.1) is 11.3 Å². The van der Waals surface area contributed by atoms with Crippen molar-refractivity contribution in [2.24, 2.45) is 0 Å².